The van der Waals surface area contributed by atoms with E-state index in [0.29, 0.717) is 22.9 Å². The van der Waals surface area contributed by atoms with Crippen molar-refractivity contribution in [3.63, 3.8) is 0 Å². The van der Waals surface area contributed by atoms with Crippen LogP contribution in [0.1, 0.15) is 23.3 Å². The Balaban J connectivity index is 1.54. The van der Waals surface area contributed by atoms with Gasteiger partial charge >= 0.3 is 0 Å². The van der Waals surface area contributed by atoms with Crippen molar-refractivity contribution in [2.75, 3.05) is 18.1 Å². The molecule has 0 spiro atoms. The van der Waals surface area contributed by atoms with Crippen molar-refractivity contribution in [1.29, 1.82) is 0 Å². The average Bonchev–Trinajstić information content (AvgIpc) is 3.40. The fourth-order valence-corrected chi connectivity index (χ4v) is 4.39. The molecule has 1 saturated heterocycles. The normalized spacial score (nSPS) is 16.6. The number of nitrogens with zero attached hydrogens (tertiary/aromatic N) is 4. The smallest absolute Gasteiger partial charge is 0.280 e. The van der Waals surface area contributed by atoms with Gasteiger partial charge in [0.05, 0.1) is 40.1 Å². The summed E-state index contributed by atoms with van der Waals surface area (Å²) in [6, 6.07) is 15.4. The zero-order valence-corrected chi connectivity index (χ0v) is 15.9. The van der Waals surface area contributed by atoms with Gasteiger partial charge in [-0.05, 0) is 37.1 Å². The number of carbonyl (C=O) groups is 1. The number of ether oxygens (including phenoxy) is 1. The van der Waals surface area contributed by atoms with Gasteiger partial charge in [0.25, 0.3) is 5.91 Å². The lowest BCUT2D eigenvalue weighted by atomic mass is 10.2. The Morgan fingerprint density at radius 3 is 2.64 bits per heavy atom. The topological polar surface area (TPSA) is 68.2 Å². The summed E-state index contributed by atoms with van der Waals surface area (Å²) >= 11 is 1.51. The summed E-state index contributed by atoms with van der Waals surface area (Å²) < 4.78 is 6.83. The van der Waals surface area contributed by atoms with Crippen LogP contribution in [0.4, 0.5) is 5.13 Å². The quantitative estimate of drug-likeness (QED) is 0.525. The van der Waals surface area contributed by atoms with E-state index < -0.39 is 0 Å². The Kier molecular flexibility index (Phi) is 4.46. The number of amides is 1. The summed E-state index contributed by atoms with van der Waals surface area (Å²) in [7, 11) is 0. The first-order chi connectivity index (χ1) is 13.8. The minimum absolute atomic E-state index is 0.0179. The first-order valence-electron chi connectivity index (χ1n) is 9.29. The van der Waals surface area contributed by atoms with Gasteiger partial charge in [-0.2, -0.15) is 0 Å². The molecule has 2 aromatic carbocycles. The molecule has 3 heterocycles. The summed E-state index contributed by atoms with van der Waals surface area (Å²) in [6.45, 7) is 1.20. The number of fused-ring (bicyclic) bond motifs is 2. The van der Waals surface area contributed by atoms with E-state index in [4.69, 9.17) is 4.74 Å². The van der Waals surface area contributed by atoms with Crippen molar-refractivity contribution in [3.8, 4) is 0 Å². The molecule has 0 saturated carbocycles. The lowest BCUT2D eigenvalue weighted by Crippen LogP contribution is -2.38. The second kappa shape index (κ2) is 7.26. The molecule has 0 radical (unpaired) electrons. The molecule has 4 aromatic rings. The van der Waals surface area contributed by atoms with Gasteiger partial charge in [0, 0.05) is 6.61 Å². The van der Waals surface area contributed by atoms with E-state index >= 15 is 0 Å². The molecule has 5 rings (SSSR count). The van der Waals surface area contributed by atoms with Gasteiger partial charge in [-0.1, -0.05) is 35.6 Å². The van der Waals surface area contributed by atoms with Gasteiger partial charge in [-0.25, -0.2) is 9.97 Å². The number of carbonyl (C=O) groups excluding carboxylic acids is 1. The number of thiazole rings is 1. The fraction of sp³-hybridized carbons (Fsp3) is 0.238. The van der Waals surface area contributed by atoms with Crippen LogP contribution in [0, 0.1) is 0 Å². The van der Waals surface area contributed by atoms with E-state index in [9.17, 15) is 4.79 Å². The number of aromatic nitrogens is 3. The van der Waals surface area contributed by atoms with Gasteiger partial charge in [-0.15, -0.1) is 0 Å². The minimum atomic E-state index is -0.201. The second-order valence-corrected chi connectivity index (χ2v) is 7.77. The van der Waals surface area contributed by atoms with E-state index in [1.54, 1.807) is 11.1 Å². The maximum absolute atomic E-state index is 13.4. The van der Waals surface area contributed by atoms with E-state index in [0.717, 1.165) is 35.2 Å². The van der Waals surface area contributed by atoms with Crippen molar-refractivity contribution in [2.45, 2.75) is 18.9 Å². The highest BCUT2D eigenvalue weighted by molar-refractivity contribution is 7.22. The minimum Gasteiger partial charge on any atom is -0.376 e. The standard InChI is InChI=1S/C21H18N4O2S/c26-20(18-12-22-15-7-1-2-8-16(15)23-18)25(13-14-6-5-11-27-14)21-24-17-9-3-4-10-19(17)28-21/h1-4,7-10,12,14H,5-6,11,13H2. The molecule has 1 aliphatic heterocycles. The molecule has 1 atom stereocenters. The summed E-state index contributed by atoms with van der Waals surface area (Å²) in [6.07, 6.45) is 3.52. The maximum atomic E-state index is 13.4. The van der Waals surface area contributed by atoms with Crippen molar-refractivity contribution in [3.05, 3.63) is 60.4 Å². The zero-order valence-electron chi connectivity index (χ0n) is 15.1. The molecular formula is C21H18N4O2S. The lowest BCUT2D eigenvalue weighted by molar-refractivity contribution is 0.0913. The van der Waals surface area contributed by atoms with E-state index in [1.165, 1.54) is 11.3 Å². The monoisotopic (exact) mass is 390 g/mol. The third-order valence-corrected chi connectivity index (χ3v) is 5.90. The van der Waals surface area contributed by atoms with E-state index in [-0.39, 0.29) is 12.0 Å². The highest BCUT2D eigenvalue weighted by Crippen LogP contribution is 2.30. The van der Waals surface area contributed by atoms with Crippen molar-refractivity contribution in [2.24, 2.45) is 0 Å². The van der Waals surface area contributed by atoms with Crippen LogP contribution in [0.2, 0.25) is 0 Å². The van der Waals surface area contributed by atoms with Crippen LogP contribution in [0.3, 0.4) is 0 Å². The summed E-state index contributed by atoms with van der Waals surface area (Å²) in [5.74, 6) is -0.201. The number of rotatable bonds is 4. The third kappa shape index (κ3) is 3.23. The molecule has 1 amide bonds. The molecule has 1 fully saturated rings. The number of anilines is 1. The van der Waals surface area contributed by atoms with Crippen LogP contribution in [-0.2, 0) is 4.74 Å². The van der Waals surface area contributed by atoms with Gasteiger partial charge in [0.15, 0.2) is 5.13 Å². The van der Waals surface area contributed by atoms with Gasteiger partial charge in [-0.3, -0.25) is 14.7 Å². The van der Waals surface area contributed by atoms with E-state index in [2.05, 4.69) is 15.0 Å². The number of hydrogen-bond donors (Lipinski definition) is 0. The molecule has 6 nitrogen and oxygen atoms in total. The summed E-state index contributed by atoms with van der Waals surface area (Å²) in [4.78, 5) is 28.7. The van der Waals surface area contributed by atoms with E-state index in [1.807, 2.05) is 48.5 Å². The fourth-order valence-electron chi connectivity index (χ4n) is 3.41. The number of hydrogen-bond acceptors (Lipinski definition) is 6. The maximum Gasteiger partial charge on any atom is 0.280 e. The highest BCUT2D eigenvalue weighted by atomic mass is 32.1. The van der Waals surface area contributed by atoms with Crippen molar-refractivity contribution < 1.29 is 9.53 Å². The molecule has 140 valence electrons. The van der Waals surface area contributed by atoms with Crippen LogP contribution in [0.15, 0.2) is 54.7 Å². The largest absolute Gasteiger partial charge is 0.376 e. The van der Waals surface area contributed by atoms with Gasteiger partial charge in [0.1, 0.15) is 5.69 Å². The Labute approximate surface area is 165 Å². The van der Waals surface area contributed by atoms with Gasteiger partial charge < -0.3 is 4.74 Å². The second-order valence-electron chi connectivity index (χ2n) is 6.76. The Hall–Kier alpha value is -2.90. The summed E-state index contributed by atoms with van der Waals surface area (Å²) in [5, 5.41) is 0.664. The predicted molar refractivity (Wildman–Crippen MR) is 110 cm³/mol. The SMILES string of the molecule is O=C(c1cnc2ccccc2n1)N(CC1CCCO1)c1nc2ccccc2s1. The van der Waals surface area contributed by atoms with Crippen LogP contribution >= 0.6 is 11.3 Å². The van der Waals surface area contributed by atoms with Crippen LogP contribution in [0.5, 0.6) is 0 Å². The predicted octanol–water partition coefficient (Wildman–Crippen LogP) is 4.07. The molecule has 0 aliphatic carbocycles. The van der Waals surface area contributed by atoms with Crippen LogP contribution < -0.4 is 4.90 Å². The van der Waals surface area contributed by atoms with Crippen LogP contribution in [-0.4, -0.2) is 40.1 Å². The Morgan fingerprint density at radius 1 is 1.07 bits per heavy atom. The first kappa shape index (κ1) is 17.2. The first-order valence-corrected chi connectivity index (χ1v) is 10.1. The molecule has 2 aromatic heterocycles. The Bertz CT molecular complexity index is 1120. The molecule has 7 heteroatoms. The highest BCUT2D eigenvalue weighted by Gasteiger charge is 2.28. The Morgan fingerprint density at radius 2 is 1.86 bits per heavy atom. The van der Waals surface area contributed by atoms with Crippen LogP contribution in [0.25, 0.3) is 21.3 Å². The van der Waals surface area contributed by atoms with Crippen molar-refractivity contribution in [1.82, 2.24) is 15.0 Å². The average molecular weight is 390 g/mol. The third-order valence-electron chi connectivity index (χ3n) is 4.84. The number of para-hydroxylation sites is 3. The van der Waals surface area contributed by atoms with Gasteiger partial charge in [0.2, 0.25) is 0 Å². The summed E-state index contributed by atoms with van der Waals surface area (Å²) in [5.41, 5.74) is 2.67. The molecule has 28 heavy (non-hydrogen) atoms. The molecule has 1 aliphatic rings. The molecule has 1 unspecified atom stereocenters. The lowest BCUT2D eigenvalue weighted by Gasteiger charge is -2.22. The number of benzene rings is 2. The molecule has 0 N–H and O–H groups in total. The van der Waals surface area contributed by atoms with Crippen molar-refractivity contribution >= 4 is 43.6 Å². The molecular weight excluding hydrogens is 372 g/mol. The zero-order chi connectivity index (χ0) is 18.9. The molecule has 0 bridgehead atoms.